The summed E-state index contributed by atoms with van der Waals surface area (Å²) >= 11 is 0. The van der Waals surface area contributed by atoms with Crippen LogP contribution in [0.2, 0.25) is 0 Å². The molecule has 1 saturated heterocycles. The second-order valence-electron chi connectivity index (χ2n) is 7.26. The quantitative estimate of drug-likeness (QED) is 0.817. The van der Waals surface area contributed by atoms with Crippen molar-refractivity contribution < 1.29 is 23.8 Å². The molecule has 1 fully saturated rings. The molecule has 134 valence electrons. The number of esters is 1. The van der Waals surface area contributed by atoms with Crippen LogP contribution in [0.15, 0.2) is 34.9 Å². The highest BCUT2D eigenvalue weighted by Crippen LogP contribution is 2.37. The largest absolute Gasteiger partial charge is 0.480 e. The summed E-state index contributed by atoms with van der Waals surface area (Å²) < 4.78 is 10.8. The number of carbonyl (C=O) groups excluding carboxylic acids is 1. The molecular formula is C18H22N2O5. The fourth-order valence-electron chi connectivity index (χ4n) is 3.08. The van der Waals surface area contributed by atoms with E-state index in [-0.39, 0.29) is 6.54 Å². The van der Waals surface area contributed by atoms with Gasteiger partial charge in [0, 0.05) is 17.5 Å². The zero-order valence-electron chi connectivity index (χ0n) is 14.4. The van der Waals surface area contributed by atoms with Crippen LogP contribution in [-0.4, -0.2) is 40.3 Å². The third-order valence-electron chi connectivity index (χ3n) is 4.28. The van der Waals surface area contributed by atoms with Gasteiger partial charge in [0.1, 0.15) is 17.2 Å². The third kappa shape index (κ3) is 3.25. The molecule has 0 amide bonds. The Morgan fingerprint density at radius 3 is 2.64 bits per heavy atom. The molecule has 1 aliphatic rings. The second-order valence-corrected chi connectivity index (χ2v) is 7.26. The van der Waals surface area contributed by atoms with Gasteiger partial charge < -0.3 is 20.0 Å². The number of furan rings is 1. The van der Waals surface area contributed by atoms with Crippen molar-refractivity contribution in [1.82, 2.24) is 4.90 Å². The first kappa shape index (κ1) is 17.4. The Hall–Kier alpha value is -2.38. The first-order chi connectivity index (χ1) is 11.7. The lowest BCUT2D eigenvalue weighted by atomic mass is 9.90. The Balaban J connectivity index is 1.82. The molecule has 3 rings (SSSR count). The topological polar surface area (TPSA) is 106 Å². The molecule has 7 nitrogen and oxygen atoms in total. The van der Waals surface area contributed by atoms with Crippen LogP contribution in [0.3, 0.4) is 0 Å². The molecule has 0 aliphatic carbocycles. The van der Waals surface area contributed by atoms with E-state index < -0.39 is 35.7 Å². The summed E-state index contributed by atoms with van der Waals surface area (Å²) in [5, 5.41) is 10.4. The van der Waals surface area contributed by atoms with Crippen LogP contribution < -0.4 is 5.73 Å². The highest BCUT2D eigenvalue weighted by molar-refractivity contribution is 5.88. The molecule has 0 saturated carbocycles. The number of carboxylic acids is 1. The number of para-hydroxylation sites is 1. The number of fused-ring (bicyclic) bond motifs is 1. The Kier molecular flexibility index (Phi) is 4.30. The molecule has 2 heterocycles. The zero-order chi connectivity index (χ0) is 18.4. The number of nitrogens with zero attached hydrogens (tertiary/aromatic N) is 1. The van der Waals surface area contributed by atoms with E-state index >= 15 is 0 Å². The summed E-state index contributed by atoms with van der Waals surface area (Å²) in [7, 11) is 0. The molecule has 0 radical (unpaired) electrons. The van der Waals surface area contributed by atoms with Crippen LogP contribution in [-0.2, 0) is 14.3 Å². The molecule has 1 aromatic carbocycles. The van der Waals surface area contributed by atoms with Crippen molar-refractivity contribution in [3.8, 4) is 0 Å². The Labute approximate surface area is 145 Å². The van der Waals surface area contributed by atoms with Gasteiger partial charge in [-0.05, 0) is 26.8 Å². The highest BCUT2D eigenvalue weighted by atomic mass is 16.6. The van der Waals surface area contributed by atoms with Crippen LogP contribution in [0.4, 0.5) is 0 Å². The molecule has 1 aliphatic heterocycles. The molecule has 1 aromatic heterocycles. The van der Waals surface area contributed by atoms with Gasteiger partial charge in [0.25, 0.3) is 0 Å². The molecule has 0 bridgehead atoms. The summed E-state index contributed by atoms with van der Waals surface area (Å²) in [5.74, 6) is -1.98. The van der Waals surface area contributed by atoms with Gasteiger partial charge >= 0.3 is 11.9 Å². The molecule has 0 spiro atoms. The average molecular weight is 346 g/mol. The van der Waals surface area contributed by atoms with Gasteiger partial charge in [-0.3, -0.25) is 14.5 Å². The van der Waals surface area contributed by atoms with Crippen molar-refractivity contribution in [2.45, 2.75) is 38.6 Å². The molecule has 3 atom stereocenters. The summed E-state index contributed by atoms with van der Waals surface area (Å²) in [6, 6.07) is 6.24. The molecular weight excluding hydrogens is 324 g/mol. The maximum atomic E-state index is 12.2. The van der Waals surface area contributed by atoms with Crippen molar-refractivity contribution in [2.75, 3.05) is 6.54 Å². The van der Waals surface area contributed by atoms with Gasteiger partial charge in [-0.2, -0.15) is 0 Å². The third-order valence-corrected chi connectivity index (χ3v) is 4.28. The molecule has 2 aromatic rings. The van der Waals surface area contributed by atoms with E-state index in [1.807, 2.05) is 12.1 Å². The maximum Gasteiger partial charge on any atom is 0.325 e. The lowest BCUT2D eigenvalue weighted by Gasteiger charge is -2.47. The fraction of sp³-hybridized carbons (Fsp3) is 0.444. The van der Waals surface area contributed by atoms with Gasteiger partial charge in [-0.1, -0.05) is 18.2 Å². The van der Waals surface area contributed by atoms with Gasteiger partial charge in [-0.15, -0.1) is 0 Å². The van der Waals surface area contributed by atoms with E-state index in [1.54, 1.807) is 37.8 Å². The average Bonchev–Trinajstić information content (AvgIpc) is 2.92. The minimum absolute atomic E-state index is 0.229. The van der Waals surface area contributed by atoms with Crippen molar-refractivity contribution in [1.29, 1.82) is 0 Å². The second kappa shape index (κ2) is 6.16. The van der Waals surface area contributed by atoms with Crippen LogP contribution in [0.25, 0.3) is 11.0 Å². The summed E-state index contributed by atoms with van der Waals surface area (Å²) in [6.45, 7) is 5.58. The smallest absolute Gasteiger partial charge is 0.325 e. The minimum Gasteiger partial charge on any atom is -0.480 e. The van der Waals surface area contributed by atoms with Crippen molar-refractivity contribution in [3.05, 3.63) is 36.1 Å². The number of likely N-dealkylation sites (tertiary alicyclic amines) is 1. The standard InChI is InChI=1S/C18H22N2O5/c1-18(2,3)25-17(23)11-8-20(15(11)19)14(16(21)22)12-9-24-13-7-5-4-6-10(12)13/h4-7,9,11,14-15H,8,19H2,1-3H3,(H,21,22)/t11-,14+,15-/m1/s1. The monoisotopic (exact) mass is 346 g/mol. The number of ether oxygens (including phenoxy) is 1. The first-order valence-corrected chi connectivity index (χ1v) is 8.12. The Bertz CT molecular complexity index is 807. The van der Waals surface area contributed by atoms with Gasteiger partial charge in [0.2, 0.25) is 0 Å². The number of carbonyl (C=O) groups is 2. The lowest BCUT2D eigenvalue weighted by molar-refractivity contribution is -0.176. The number of hydrogen-bond acceptors (Lipinski definition) is 6. The van der Waals surface area contributed by atoms with Crippen LogP contribution >= 0.6 is 0 Å². The van der Waals surface area contributed by atoms with Crippen LogP contribution in [0.5, 0.6) is 0 Å². The van der Waals surface area contributed by atoms with Gasteiger partial charge in [0.05, 0.1) is 18.3 Å². The number of aliphatic carboxylic acids is 1. The van der Waals surface area contributed by atoms with E-state index in [9.17, 15) is 14.7 Å². The number of benzene rings is 1. The molecule has 7 heteroatoms. The maximum absolute atomic E-state index is 12.2. The number of carboxylic acid groups (broad SMARTS) is 1. The minimum atomic E-state index is -1.04. The number of rotatable bonds is 4. The predicted molar refractivity (Wildman–Crippen MR) is 90.6 cm³/mol. The SMILES string of the molecule is CC(C)(C)OC(=O)[C@@H]1CN([C@H](C(=O)O)c2coc3ccccc23)[C@H]1N. The zero-order valence-corrected chi connectivity index (χ0v) is 14.4. The highest BCUT2D eigenvalue weighted by Gasteiger charge is 2.49. The fourth-order valence-corrected chi connectivity index (χ4v) is 3.08. The van der Waals surface area contributed by atoms with Gasteiger partial charge in [0.15, 0.2) is 0 Å². The molecule has 3 N–H and O–H groups in total. The van der Waals surface area contributed by atoms with Gasteiger partial charge in [-0.25, -0.2) is 0 Å². The van der Waals surface area contributed by atoms with E-state index in [0.29, 0.717) is 11.1 Å². The van der Waals surface area contributed by atoms with E-state index in [2.05, 4.69) is 0 Å². The summed E-state index contributed by atoms with van der Waals surface area (Å²) in [5.41, 5.74) is 6.64. The Morgan fingerprint density at radius 1 is 1.36 bits per heavy atom. The van der Waals surface area contributed by atoms with E-state index in [0.717, 1.165) is 5.39 Å². The predicted octanol–water partition coefficient (Wildman–Crippen LogP) is 2.12. The van der Waals surface area contributed by atoms with E-state index in [1.165, 1.54) is 6.26 Å². The molecule has 25 heavy (non-hydrogen) atoms. The van der Waals surface area contributed by atoms with Crippen molar-refractivity contribution in [2.24, 2.45) is 11.7 Å². The normalized spacial score (nSPS) is 22.4. The summed E-state index contributed by atoms with van der Waals surface area (Å²) in [4.78, 5) is 25.6. The van der Waals surface area contributed by atoms with Crippen molar-refractivity contribution in [3.63, 3.8) is 0 Å². The van der Waals surface area contributed by atoms with Crippen LogP contribution in [0, 0.1) is 5.92 Å². The number of hydrogen-bond donors (Lipinski definition) is 2. The number of nitrogens with two attached hydrogens (primary N) is 1. The lowest BCUT2D eigenvalue weighted by Crippen LogP contribution is -2.66. The Morgan fingerprint density at radius 2 is 2.04 bits per heavy atom. The van der Waals surface area contributed by atoms with Crippen LogP contribution in [0.1, 0.15) is 32.4 Å². The first-order valence-electron chi connectivity index (χ1n) is 8.12. The van der Waals surface area contributed by atoms with Crippen molar-refractivity contribution >= 4 is 22.9 Å². The van der Waals surface area contributed by atoms with E-state index in [4.69, 9.17) is 14.9 Å². The molecule has 0 unspecified atom stereocenters. The summed E-state index contributed by atoms with van der Waals surface area (Å²) in [6.07, 6.45) is 0.723.